The number of aromatic hydroxyl groups is 1. The number of nitrogens with two attached hydrogens (primary N) is 1. The van der Waals surface area contributed by atoms with Crippen molar-refractivity contribution in [2.75, 3.05) is 13.2 Å². The number of benzene rings is 1. The fraction of sp³-hybridized carbons (Fsp3) is 0.500. The van der Waals surface area contributed by atoms with E-state index in [9.17, 15) is 5.11 Å². The highest BCUT2D eigenvalue weighted by molar-refractivity contribution is 6.43. The molecule has 1 aromatic carbocycles. The molecule has 2 rings (SSSR count). The van der Waals surface area contributed by atoms with Gasteiger partial charge in [0.15, 0.2) is 0 Å². The molecular formula is C12H16Cl3NO2. The summed E-state index contributed by atoms with van der Waals surface area (Å²) >= 11 is 11.7. The van der Waals surface area contributed by atoms with Crippen molar-refractivity contribution in [3.8, 4) is 5.75 Å². The monoisotopic (exact) mass is 311 g/mol. The van der Waals surface area contributed by atoms with Gasteiger partial charge in [0.05, 0.1) is 5.02 Å². The number of hydrogen-bond acceptors (Lipinski definition) is 3. The molecule has 6 heteroatoms. The minimum Gasteiger partial charge on any atom is -0.506 e. The van der Waals surface area contributed by atoms with Crippen LogP contribution in [0.25, 0.3) is 0 Å². The van der Waals surface area contributed by atoms with Crippen LogP contribution in [-0.4, -0.2) is 18.3 Å². The molecule has 0 aromatic heterocycles. The van der Waals surface area contributed by atoms with E-state index in [0.29, 0.717) is 16.5 Å². The first-order valence-electron chi connectivity index (χ1n) is 5.61. The minimum atomic E-state index is -0.228. The third-order valence-corrected chi connectivity index (χ3v) is 4.03. The largest absolute Gasteiger partial charge is 0.506 e. The van der Waals surface area contributed by atoms with Gasteiger partial charge in [0.25, 0.3) is 0 Å². The Morgan fingerprint density at radius 1 is 1.28 bits per heavy atom. The van der Waals surface area contributed by atoms with Gasteiger partial charge in [-0.1, -0.05) is 29.3 Å². The van der Waals surface area contributed by atoms with E-state index in [2.05, 4.69) is 0 Å². The van der Waals surface area contributed by atoms with Crippen molar-refractivity contribution >= 4 is 35.6 Å². The van der Waals surface area contributed by atoms with Gasteiger partial charge in [-0.3, -0.25) is 0 Å². The molecule has 3 N–H and O–H groups in total. The summed E-state index contributed by atoms with van der Waals surface area (Å²) in [5.41, 5.74) is 6.83. The van der Waals surface area contributed by atoms with Crippen molar-refractivity contribution in [2.45, 2.75) is 18.9 Å². The number of phenolic OH excluding ortho intramolecular Hbond substituents is 1. The van der Waals surface area contributed by atoms with Crippen LogP contribution >= 0.6 is 35.6 Å². The number of ether oxygens (including phenoxy) is 1. The lowest BCUT2D eigenvalue weighted by atomic mass is 9.87. The Hall–Kier alpha value is -0.190. The first-order valence-corrected chi connectivity index (χ1v) is 6.37. The summed E-state index contributed by atoms with van der Waals surface area (Å²) in [5.74, 6) is 0.310. The molecule has 1 fully saturated rings. The number of rotatable bonds is 2. The topological polar surface area (TPSA) is 55.5 Å². The average Bonchev–Trinajstić information content (AvgIpc) is 2.36. The molecule has 1 atom stereocenters. The molecule has 0 spiro atoms. The van der Waals surface area contributed by atoms with Crippen LogP contribution in [0.1, 0.15) is 24.4 Å². The zero-order valence-corrected chi connectivity index (χ0v) is 12.1. The highest BCUT2D eigenvalue weighted by atomic mass is 35.5. The molecule has 0 aliphatic carbocycles. The SMILES string of the molecule is Cl.N[C@H](c1ccc(Cl)c(Cl)c1O)C1CCOCC1. The molecule has 18 heavy (non-hydrogen) atoms. The van der Waals surface area contributed by atoms with Gasteiger partial charge in [-0.2, -0.15) is 0 Å². The quantitative estimate of drug-likeness (QED) is 0.878. The van der Waals surface area contributed by atoms with E-state index >= 15 is 0 Å². The Morgan fingerprint density at radius 2 is 1.89 bits per heavy atom. The number of halogens is 3. The molecule has 102 valence electrons. The molecular weight excluding hydrogens is 296 g/mol. The van der Waals surface area contributed by atoms with Gasteiger partial charge in [-0.15, -0.1) is 12.4 Å². The van der Waals surface area contributed by atoms with Crippen LogP contribution in [0.4, 0.5) is 0 Å². The van der Waals surface area contributed by atoms with E-state index < -0.39 is 0 Å². The van der Waals surface area contributed by atoms with Crippen molar-refractivity contribution in [3.63, 3.8) is 0 Å². The van der Waals surface area contributed by atoms with Crippen molar-refractivity contribution < 1.29 is 9.84 Å². The molecule has 0 unspecified atom stereocenters. The molecule has 1 aromatic rings. The fourth-order valence-corrected chi connectivity index (χ4v) is 2.48. The summed E-state index contributed by atoms with van der Waals surface area (Å²) in [6, 6.07) is 3.18. The van der Waals surface area contributed by atoms with Crippen molar-refractivity contribution in [1.29, 1.82) is 0 Å². The molecule has 1 aliphatic heterocycles. The van der Waals surface area contributed by atoms with Crippen molar-refractivity contribution in [3.05, 3.63) is 27.7 Å². The highest BCUT2D eigenvalue weighted by Crippen LogP contribution is 2.39. The number of hydrogen-bond donors (Lipinski definition) is 2. The molecule has 0 bridgehead atoms. The minimum absolute atomic E-state index is 0. The average molecular weight is 313 g/mol. The van der Waals surface area contributed by atoms with Crippen LogP contribution in [-0.2, 0) is 4.74 Å². The molecule has 0 saturated carbocycles. The van der Waals surface area contributed by atoms with Crippen LogP contribution in [0.15, 0.2) is 12.1 Å². The van der Waals surface area contributed by atoms with Crippen molar-refractivity contribution in [2.24, 2.45) is 11.7 Å². The van der Waals surface area contributed by atoms with Crippen LogP contribution in [0, 0.1) is 5.92 Å². The van der Waals surface area contributed by atoms with Gasteiger partial charge in [0, 0.05) is 24.8 Å². The van der Waals surface area contributed by atoms with Crippen LogP contribution in [0.5, 0.6) is 5.75 Å². The Kier molecular flexibility index (Phi) is 6.02. The first-order chi connectivity index (χ1) is 8.11. The van der Waals surface area contributed by atoms with Crippen LogP contribution in [0.2, 0.25) is 10.0 Å². The lowest BCUT2D eigenvalue weighted by Crippen LogP contribution is -2.27. The van der Waals surface area contributed by atoms with Crippen LogP contribution < -0.4 is 5.73 Å². The smallest absolute Gasteiger partial charge is 0.140 e. The zero-order chi connectivity index (χ0) is 12.4. The lowest BCUT2D eigenvalue weighted by molar-refractivity contribution is 0.0581. The van der Waals surface area contributed by atoms with E-state index in [0.717, 1.165) is 26.1 Å². The van der Waals surface area contributed by atoms with E-state index in [-0.39, 0.29) is 29.2 Å². The predicted octanol–water partition coefficient (Wildman–Crippen LogP) is 3.55. The molecule has 0 radical (unpaired) electrons. The maximum absolute atomic E-state index is 9.95. The second-order valence-electron chi connectivity index (χ2n) is 4.27. The van der Waals surface area contributed by atoms with Gasteiger partial charge in [0.1, 0.15) is 10.8 Å². The van der Waals surface area contributed by atoms with Gasteiger partial charge in [-0.25, -0.2) is 0 Å². The maximum Gasteiger partial charge on any atom is 0.140 e. The molecule has 1 heterocycles. The summed E-state index contributed by atoms with van der Waals surface area (Å²) in [7, 11) is 0. The molecule has 0 amide bonds. The molecule has 1 aliphatic rings. The third-order valence-electron chi connectivity index (χ3n) is 3.23. The van der Waals surface area contributed by atoms with Gasteiger partial charge in [-0.05, 0) is 24.8 Å². The Labute approximate surface area is 123 Å². The zero-order valence-electron chi connectivity index (χ0n) is 9.73. The second-order valence-corrected chi connectivity index (χ2v) is 5.06. The summed E-state index contributed by atoms with van der Waals surface area (Å²) < 4.78 is 5.29. The van der Waals surface area contributed by atoms with E-state index in [4.69, 9.17) is 33.7 Å². The summed E-state index contributed by atoms with van der Waals surface area (Å²) in [6.45, 7) is 1.45. The molecule has 1 saturated heterocycles. The van der Waals surface area contributed by atoms with Crippen molar-refractivity contribution in [1.82, 2.24) is 0 Å². The lowest BCUT2D eigenvalue weighted by Gasteiger charge is -2.28. The molecule has 3 nitrogen and oxygen atoms in total. The van der Waals surface area contributed by atoms with Gasteiger partial charge in [0.2, 0.25) is 0 Å². The first kappa shape index (κ1) is 15.9. The van der Waals surface area contributed by atoms with Crippen LogP contribution in [0.3, 0.4) is 0 Å². The summed E-state index contributed by atoms with van der Waals surface area (Å²) in [5, 5.41) is 10.5. The predicted molar refractivity (Wildman–Crippen MR) is 75.8 cm³/mol. The highest BCUT2D eigenvalue weighted by Gasteiger charge is 2.25. The Balaban J connectivity index is 0.00000162. The second kappa shape index (κ2) is 6.83. The van der Waals surface area contributed by atoms with E-state index in [1.165, 1.54) is 0 Å². The third kappa shape index (κ3) is 3.22. The van der Waals surface area contributed by atoms with Gasteiger partial charge < -0.3 is 15.6 Å². The standard InChI is InChI=1S/C12H15Cl2NO2.ClH/c13-9-2-1-8(12(16)10(9)14)11(15)7-3-5-17-6-4-7;/h1-2,7,11,16H,3-6,15H2;1H/t11-;/m0./s1. The summed E-state index contributed by atoms with van der Waals surface area (Å²) in [4.78, 5) is 0. The fourth-order valence-electron chi connectivity index (χ4n) is 2.15. The van der Waals surface area contributed by atoms with Gasteiger partial charge >= 0.3 is 0 Å². The summed E-state index contributed by atoms with van der Waals surface area (Å²) in [6.07, 6.45) is 1.81. The van der Waals surface area contributed by atoms with E-state index in [1.807, 2.05) is 0 Å². The number of phenols is 1. The van der Waals surface area contributed by atoms with E-state index in [1.54, 1.807) is 12.1 Å². The Bertz CT molecular complexity index is 409. The Morgan fingerprint density at radius 3 is 2.50 bits per heavy atom. The maximum atomic E-state index is 9.95. The normalized spacial score (nSPS) is 18.2.